The van der Waals surface area contributed by atoms with Crippen LogP contribution in [0.3, 0.4) is 0 Å². The van der Waals surface area contributed by atoms with E-state index in [0.29, 0.717) is 22.9 Å². The van der Waals surface area contributed by atoms with Crippen molar-refractivity contribution in [2.24, 2.45) is 0 Å². The molecule has 7 nitrogen and oxygen atoms in total. The van der Waals surface area contributed by atoms with E-state index in [-0.39, 0.29) is 17.5 Å². The highest BCUT2D eigenvalue weighted by Gasteiger charge is 2.16. The van der Waals surface area contributed by atoms with Gasteiger partial charge in [0.05, 0.1) is 27.0 Å². The van der Waals surface area contributed by atoms with Gasteiger partial charge in [0.15, 0.2) is 17.2 Å². The number of carbonyl (C=O) groups excluding carboxylic acids is 1. The molecule has 0 aliphatic carbocycles. The average Bonchev–Trinajstić information content (AvgIpc) is 2.60. The van der Waals surface area contributed by atoms with E-state index in [2.05, 4.69) is 15.5 Å². The van der Waals surface area contributed by atoms with Gasteiger partial charge in [-0.25, -0.2) is 0 Å². The summed E-state index contributed by atoms with van der Waals surface area (Å²) in [5, 5.41) is 10.8. The van der Waals surface area contributed by atoms with Gasteiger partial charge >= 0.3 is 0 Å². The molecule has 2 rings (SSSR count). The maximum Gasteiger partial charge on any atom is 0.276 e. The van der Waals surface area contributed by atoms with Crippen LogP contribution in [-0.4, -0.2) is 37.4 Å². The van der Waals surface area contributed by atoms with Crippen LogP contribution in [0.15, 0.2) is 24.3 Å². The molecule has 1 aromatic carbocycles. The zero-order valence-corrected chi connectivity index (χ0v) is 14.4. The maximum absolute atomic E-state index is 12.3. The fraction of sp³-hybridized carbons (Fsp3) is 0.353. The van der Waals surface area contributed by atoms with Crippen LogP contribution in [0.1, 0.15) is 35.9 Å². The molecule has 0 radical (unpaired) electrons. The minimum absolute atomic E-state index is 0.230. The van der Waals surface area contributed by atoms with Crippen LogP contribution in [0, 0.1) is 0 Å². The molecule has 1 N–H and O–H groups in total. The number of methoxy groups -OCH3 is 3. The fourth-order valence-electron chi connectivity index (χ4n) is 2.12. The van der Waals surface area contributed by atoms with E-state index in [4.69, 9.17) is 14.2 Å². The van der Waals surface area contributed by atoms with Crippen LogP contribution in [0.2, 0.25) is 0 Å². The first kappa shape index (κ1) is 17.5. The fourth-order valence-corrected chi connectivity index (χ4v) is 2.12. The molecule has 0 unspecified atom stereocenters. The van der Waals surface area contributed by atoms with Gasteiger partial charge in [0.1, 0.15) is 0 Å². The minimum Gasteiger partial charge on any atom is -0.493 e. The van der Waals surface area contributed by atoms with E-state index in [1.807, 2.05) is 13.8 Å². The van der Waals surface area contributed by atoms with Gasteiger partial charge in [0.2, 0.25) is 5.75 Å². The number of ether oxygens (including phenoxy) is 3. The Morgan fingerprint density at radius 2 is 1.62 bits per heavy atom. The first-order chi connectivity index (χ1) is 11.5. The number of amides is 1. The van der Waals surface area contributed by atoms with Crippen molar-refractivity contribution in [1.82, 2.24) is 10.2 Å². The third-order valence-electron chi connectivity index (χ3n) is 3.43. The molecular formula is C17H21N3O4. The Balaban J connectivity index is 2.25. The lowest BCUT2D eigenvalue weighted by molar-refractivity contribution is 0.102. The number of carbonyl (C=O) groups is 1. The second kappa shape index (κ2) is 7.63. The Morgan fingerprint density at radius 3 is 2.04 bits per heavy atom. The number of anilines is 1. The smallest absolute Gasteiger partial charge is 0.276 e. The lowest BCUT2D eigenvalue weighted by Gasteiger charge is -2.14. The molecule has 1 amide bonds. The van der Waals surface area contributed by atoms with Crippen molar-refractivity contribution < 1.29 is 19.0 Å². The Bertz CT molecular complexity index is 689. The summed E-state index contributed by atoms with van der Waals surface area (Å²) in [5.41, 5.74) is 1.57. The van der Waals surface area contributed by atoms with E-state index < -0.39 is 0 Å². The molecule has 128 valence electrons. The predicted molar refractivity (Wildman–Crippen MR) is 90.2 cm³/mol. The largest absolute Gasteiger partial charge is 0.493 e. The summed E-state index contributed by atoms with van der Waals surface area (Å²) >= 11 is 0. The van der Waals surface area contributed by atoms with E-state index >= 15 is 0 Å². The summed E-state index contributed by atoms with van der Waals surface area (Å²) in [6.07, 6.45) is 0. The number of hydrogen-bond acceptors (Lipinski definition) is 6. The van der Waals surface area contributed by atoms with Crippen LogP contribution in [0.25, 0.3) is 0 Å². The molecule has 1 aromatic heterocycles. The molecule has 0 aliphatic rings. The van der Waals surface area contributed by atoms with Gasteiger partial charge in [-0.3, -0.25) is 4.79 Å². The topological polar surface area (TPSA) is 82.6 Å². The lowest BCUT2D eigenvalue weighted by Crippen LogP contribution is -2.15. The molecule has 0 atom stereocenters. The molecular weight excluding hydrogens is 310 g/mol. The average molecular weight is 331 g/mol. The third kappa shape index (κ3) is 3.73. The summed E-state index contributed by atoms with van der Waals surface area (Å²) in [6.45, 7) is 4.03. The van der Waals surface area contributed by atoms with Crippen LogP contribution in [0.4, 0.5) is 5.69 Å². The summed E-state index contributed by atoms with van der Waals surface area (Å²) in [7, 11) is 4.54. The molecule has 0 saturated carbocycles. The number of aromatic nitrogens is 2. The van der Waals surface area contributed by atoms with Crippen LogP contribution in [-0.2, 0) is 0 Å². The van der Waals surface area contributed by atoms with Crippen LogP contribution >= 0.6 is 0 Å². The SMILES string of the molecule is COc1cc(NC(=O)c2ccc(C(C)C)nn2)cc(OC)c1OC. The van der Waals surface area contributed by atoms with Crippen LogP contribution in [0.5, 0.6) is 17.2 Å². The quantitative estimate of drug-likeness (QED) is 0.876. The highest BCUT2D eigenvalue weighted by atomic mass is 16.5. The number of rotatable bonds is 6. The highest BCUT2D eigenvalue weighted by Crippen LogP contribution is 2.39. The van der Waals surface area contributed by atoms with Gasteiger partial charge in [0, 0.05) is 17.8 Å². The Kier molecular flexibility index (Phi) is 5.57. The summed E-state index contributed by atoms with van der Waals surface area (Å²) in [4.78, 5) is 12.3. The summed E-state index contributed by atoms with van der Waals surface area (Å²) < 4.78 is 15.8. The lowest BCUT2D eigenvalue weighted by atomic mass is 10.1. The van der Waals surface area contributed by atoms with Gasteiger partial charge in [-0.05, 0) is 18.1 Å². The maximum atomic E-state index is 12.3. The third-order valence-corrected chi connectivity index (χ3v) is 3.43. The number of hydrogen-bond donors (Lipinski definition) is 1. The predicted octanol–water partition coefficient (Wildman–Crippen LogP) is 2.88. The van der Waals surface area contributed by atoms with Gasteiger partial charge < -0.3 is 19.5 Å². The van der Waals surface area contributed by atoms with E-state index in [1.165, 1.54) is 21.3 Å². The van der Waals surface area contributed by atoms with Crippen molar-refractivity contribution in [3.8, 4) is 17.2 Å². The molecule has 0 bridgehead atoms. The van der Waals surface area contributed by atoms with Gasteiger partial charge in [-0.2, -0.15) is 5.10 Å². The Labute approximate surface area is 141 Å². The van der Waals surface area contributed by atoms with Crippen LogP contribution < -0.4 is 19.5 Å². The van der Waals surface area contributed by atoms with E-state index in [0.717, 1.165) is 5.69 Å². The standard InChI is InChI=1S/C17H21N3O4/c1-10(2)12-6-7-13(20-19-12)17(21)18-11-8-14(22-3)16(24-5)15(9-11)23-4/h6-10H,1-5H3,(H,18,21). The summed E-state index contributed by atoms with van der Waals surface area (Å²) in [6, 6.07) is 6.74. The van der Waals surface area contributed by atoms with Crippen molar-refractivity contribution in [3.63, 3.8) is 0 Å². The Morgan fingerprint density at radius 1 is 1.00 bits per heavy atom. The van der Waals surface area contributed by atoms with Crippen molar-refractivity contribution in [1.29, 1.82) is 0 Å². The first-order valence-electron chi connectivity index (χ1n) is 7.45. The summed E-state index contributed by atoms with van der Waals surface area (Å²) in [5.74, 6) is 1.25. The van der Waals surface area contributed by atoms with Crippen molar-refractivity contribution >= 4 is 11.6 Å². The molecule has 0 fully saturated rings. The van der Waals surface area contributed by atoms with Gasteiger partial charge in [-0.1, -0.05) is 13.8 Å². The van der Waals surface area contributed by atoms with Gasteiger partial charge in [-0.15, -0.1) is 5.10 Å². The van der Waals surface area contributed by atoms with Gasteiger partial charge in [0.25, 0.3) is 5.91 Å². The van der Waals surface area contributed by atoms with E-state index in [9.17, 15) is 4.79 Å². The molecule has 7 heteroatoms. The molecule has 1 heterocycles. The number of nitrogens with one attached hydrogen (secondary N) is 1. The highest BCUT2D eigenvalue weighted by molar-refractivity contribution is 6.03. The van der Waals surface area contributed by atoms with Crippen molar-refractivity contribution in [2.75, 3.05) is 26.6 Å². The molecule has 0 saturated heterocycles. The Hall–Kier alpha value is -2.83. The number of nitrogens with zero attached hydrogens (tertiary/aromatic N) is 2. The second-order valence-corrected chi connectivity index (χ2v) is 5.37. The second-order valence-electron chi connectivity index (χ2n) is 5.37. The molecule has 0 aliphatic heterocycles. The molecule has 24 heavy (non-hydrogen) atoms. The number of benzene rings is 1. The van der Waals surface area contributed by atoms with E-state index in [1.54, 1.807) is 24.3 Å². The zero-order chi connectivity index (χ0) is 17.7. The van der Waals surface area contributed by atoms with Crippen molar-refractivity contribution in [2.45, 2.75) is 19.8 Å². The first-order valence-corrected chi connectivity index (χ1v) is 7.45. The minimum atomic E-state index is -0.368. The molecule has 2 aromatic rings. The monoisotopic (exact) mass is 331 g/mol. The normalized spacial score (nSPS) is 10.4. The molecule has 0 spiro atoms. The van der Waals surface area contributed by atoms with Crippen molar-refractivity contribution in [3.05, 3.63) is 35.7 Å². The zero-order valence-electron chi connectivity index (χ0n) is 14.4.